The Labute approximate surface area is 133 Å². The molecule has 1 aromatic carbocycles. The van der Waals surface area contributed by atoms with Crippen LogP contribution in [-0.4, -0.2) is 25.2 Å². The van der Waals surface area contributed by atoms with Gasteiger partial charge >= 0.3 is 0 Å². The van der Waals surface area contributed by atoms with Gasteiger partial charge in [-0.05, 0) is 44.0 Å². The summed E-state index contributed by atoms with van der Waals surface area (Å²) in [5, 5.41) is 2.62. The third kappa shape index (κ3) is 3.90. The van der Waals surface area contributed by atoms with Crippen molar-refractivity contribution in [2.24, 2.45) is 0 Å². The summed E-state index contributed by atoms with van der Waals surface area (Å²) in [6.45, 7) is 2.85. The van der Waals surface area contributed by atoms with Gasteiger partial charge in [0.25, 0.3) is 5.91 Å². The molecular formula is C17H18FNO4. The molecule has 1 aliphatic heterocycles. The molecule has 23 heavy (non-hydrogen) atoms. The largest absolute Gasteiger partial charge is 0.489 e. The summed E-state index contributed by atoms with van der Waals surface area (Å²) in [5.41, 5.74) is 0.266. The highest BCUT2D eigenvalue weighted by molar-refractivity contribution is 6.03. The van der Waals surface area contributed by atoms with E-state index in [1.807, 2.05) is 0 Å². The van der Waals surface area contributed by atoms with Gasteiger partial charge in [-0.25, -0.2) is 4.39 Å². The van der Waals surface area contributed by atoms with Crippen molar-refractivity contribution in [2.75, 3.05) is 18.5 Å². The Morgan fingerprint density at radius 1 is 1.39 bits per heavy atom. The number of aryl methyl sites for hydroxylation is 1. The summed E-state index contributed by atoms with van der Waals surface area (Å²) < 4.78 is 29.9. The van der Waals surface area contributed by atoms with Crippen molar-refractivity contribution in [1.82, 2.24) is 0 Å². The first-order valence-corrected chi connectivity index (χ1v) is 7.53. The van der Waals surface area contributed by atoms with Gasteiger partial charge in [0.05, 0.1) is 11.8 Å². The fourth-order valence-electron chi connectivity index (χ4n) is 2.42. The zero-order chi connectivity index (χ0) is 16.2. The van der Waals surface area contributed by atoms with Gasteiger partial charge in [0, 0.05) is 12.7 Å². The van der Waals surface area contributed by atoms with Crippen LogP contribution in [0.5, 0.6) is 5.75 Å². The molecule has 0 bridgehead atoms. The van der Waals surface area contributed by atoms with Crippen LogP contribution in [0.2, 0.25) is 0 Å². The van der Waals surface area contributed by atoms with Crippen LogP contribution in [0.3, 0.4) is 0 Å². The van der Waals surface area contributed by atoms with Crippen molar-refractivity contribution in [1.29, 1.82) is 0 Å². The van der Waals surface area contributed by atoms with Gasteiger partial charge in [-0.15, -0.1) is 0 Å². The molecule has 1 N–H and O–H groups in total. The van der Waals surface area contributed by atoms with Crippen LogP contribution in [0.1, 0.15) is 29.2 Å². The number of rotatable bonds is 5. The van der Waals surface area contributed by atoms with E-state index in [2.05, 4.69) is 5.32 Å². The van der Waals surface area contributed by atoms with E-state index in [1.54, 1.807) is 19.1 Å². The van der Waals surface area contributed by atoms with Crippen LogP contribution in [0, 0.1) is 12.7 Å². The van der Waals surface area contributed by atoms with Crippen LogP contribution in [0.25, 0.3) is 0 Å². The van der Waals surface area contributed by atoms with Crippen molar-refractivity contribution in [3.63, 3.8) is 0 Å². The smallest absolute Gasteiger partial charge is 0.291 e. The van der Waals surface area contributed by atoms with Crippen LogP contribution in [0.4, 0.5) is 10.1 Å². The maximum absolute atomic E-state index is 13.5. The minimum atomic E-state index is -0.458. The first kappa shape index (κ1) is 15.6. The lowest BCUT2D eigenvalue weighted by molar-refractivity contribution is 0.0681. The van der Waals surface area contributed by atoms with E-state index in [0.29, 0.717) is 18.1 Å². The highest BCUT2D eigenvalue weighted by atomic mass is 19.1. The maximum atomic E-state index is 13.5. The molecule has 0 radical (unpaired) electrons. The number of amides is 1. The Morgan fingerprint density at radius 3 is 2.96 bits per heavy atom. The number of ether oxygens (including phenoxy) is 2. The monoisotopic (exact) mass is 319 g/mol. The summed E-state index contributed by atoms with van der Waals surface area (Å²) in [6, 6.07) is 7.26. The van der Waals surface area contributed by atoms with Crippen molar-refractivity contribution >= 4 is 11.6 Å². The molecule has 1 fully saturated rings. The predicted molar refractivity (Wildman–Crippen MR) is 82.3 cm³/mol. The molecule has 0 aliphatic carbocycles. The van der Waals surface area contributed by atoms with Gasteiger partial charge in [-0.3, -0.25) is 4.79 Å². The third-order valence-electron chi connectivity index (χ3n) is 3.60. The average Bonchev–Trinajstić information content (AvgIpc) is 3.18. The molecule has 0 unspecified atom stereocenters. The lowest BCUT2D eigenvalue weighted by Crippen LogP contribution is -2.18. The number of hydrogen-bond donors (Lipinski definition) is 1. The molecule has 0 saturated carbocycles. The zero-order valence-electron chi connectivity index (χ0n) is 12.8. The van der Waals surface area contributed by atoms with E-state index < -0.39 is 11.7 Å². The minimum Gasteiger partial charge on any atom is -0.489 e. The number of benzene rings is 1. The second-order valence-corrected chi connectivity index (χ2v) is 5.45. The number of nitrogens with one attached hydrogen (secondary N) is 1. The summed E-state index contributed by atoms with van der Waals surface area (Å²) in [4.78, 5) is 12.1. The van der Waals surface area contributed by atoms with Crippen LogP contribution in [-0.2, 0) is 4.74 Å². The summed E-state index contributed by atoms with van der Waals surface area (Å²) in [5.74, 6) is 0.283. The van der Waals surface area contributed by atoms with Crippen molar-refractivity contribution in [3.8, 4) is 5.75 Å². The van der Waals surface area contributed by atoms with E-state index in [-0.39, 0.29) is 17.6 Å². The SMILES string of the molecule is Cc1ccc(C(=O)Nc2cc(F)ccc2OC[C@@H]2CCCO2)o1. The molecule has 3 rings (SSSR count). The molecule has 6 heteroatoms. The summed E-state index contributed by atoms with van der Waals surface area (Å²) in [7, 11) is 0. The Bertz CT molecular complexity index is 692. The van der Waals surface area contributed by atoms with Crippen molar-refractivity contribution in [3.05, 3.63) is 47.7 Å². The fraction of sp³-hybridized carbons (Fsp3) is 0.353. The molecule has 0 spiro atoms. The van der Waals surface area contributed by atoms with Gasteiger partial charge in [-0.2, -0.15) is 0 Å². The van der Waals surface area contributed by atoms with Gasteiger partial charge in [0.15, 0.2) is 5.76 Å². The van der Waals surface area contributed by atoms with E-state index >= 15 is 0 Å². The van der Waals surface area contributed by atoms with E-state index in [4.69, 9.17) is 13.9 Å². The lowest BCUT2D eigenvalue weighted by Gasteiger charge is -2.15. The molecule has 5 nitrogen and oxygen atoms in total. The van der Waals surface area contributed by atoms with Crippen LogP contribution in [0.15, 0.2) is 34.7 Å². The first-order valence-electron chi connectivity index (χ1n) is 7.53. The molecular weight excluding hydrogens is 301 g/mol. The second-order valence-electron chi connectivity index (χ2n) is 5.45. The van der Waals surface area contributed by atoms with Gasteiger partial charge in [-0.1, -0.05) is 0 Å². The number of halogens is 1. The minimum absolute atomic E-state index is 0.0383. The Balaban J connectivity index is 1.71. The second kappa shape index (κ2) is 6.83. The number of furan rings is 1. The van der Waals surface area contributed by atoms with Crippen molar-refractivity contribution < 1.29 is 23.1 Å². The van der Waals surface area contributed by atoms with Gasteiger partial charge < -0.3 is 19.2 Å². The number of carbonyl (C=O) groups excluding carboxylic acids is 1. The standard InChI is InChI=1S/C17H18FNO4/c1-11-4-6-16(23-11)17(20)19-14-9-12(18)5-7-15(14)22-10-13-3-2-8-21-13/h4-7,9,13H,2-3,8,10H2,1H3,(H,19,20)/t13-/m0/s1. The molecule has 1 aliphatic rings. The molecule has 1 saturated heterocycles. The van der Waals surface area contributed by atoms with Crippen molar-refractivity contribution in [2.45, 2.75) is 25.9 Å². The molecule has 1 amide bonds. The van der Waals surface area contributed by atoms with E-state index in [9.17, 15) is 9.18 Å². The topological polar surface area (TPSA) is 60.7 Å². The van der Waals surface area contributed by atoms with Gasteiger partial charge in [0.1, 0.15) is 23.9 Å². The Morgan fingerprint density at radius 2 is 2.26 bits per heavy atom. The highest BCUT2D eigenvalue weighted by Crippen LogP contribution is 2.27. The molecule has 2 aromatic rings. The highest BCUT2D eigenvalue weighted by Gasteiger charge is 2.18. The molecule has 1 aromatic heterocycles. The van der Waals surface area contributed by atoms with E-state index in [0.717, 1.165) is 19.4 Å². The Hall–Kier alpha value is -2.34. The lowest BCUT2D eigenvalue weighted by atomic mass is 10.2. The van der Waals surface area contributed by atoms with E-state index in [1.165, 1.54) is 18.2 Å². The normalized spacial score (nSPS) is 17.2. The fourth-order valence-corrected chi connectivity index (χ4v) is 2.42. The average molecular weight is 319 g/mol. The maximum Gasteiger partial charge on any atom is 0.291 e. The number of anilines is 1. The summed E-state index contributed by atoms with van der Waals surface area (Å²) in [6.07, 6.45) is 1.99. The molecule has 122 valence electrons. The van der Waals surface area contributed by atoms with Crippen LogP contribution < -0.4 is 10.1 Å². The van der Waals surface area contributed by atoms with Gasteiger partial charge in [0.2, 0.25) is 0 Å². The quantitative estimate of drug-likeness (QED) is 0.916. The summed E-state index contributed by atoms with van der Waals surface area (Å²) >= 11 is 0. The molecule has 1 atom stereocenters. The number of hydrogen-bond acceptors (Lipinski definition) is 4. The molecule has 2 heterocycles. The first-order chi connectivity index (χ1) is 11.1. The van der Waals surface area contributed by atoms with Crippen LogP contribution >= 0.6 is 0 Å². The number of carbonyl (C=O) groups is 1. The Kier molecular flexibility index (Phi) is 4.62. The zero-order valence-corrected chi connectivity index (χ0v) is 12.8. The predicted octanol–water partition coefficient (Wildman–Crippen LogP) is 3.54. The third-order valence-corrected chi connectivity index (χ3v) is 3.60.